The van der Waals surface area contributed by atoms with Gasteiger partial charge in [0.15, 0.2) is 8.38 Å². The monoisotopic (exact) mass is 344 g/mol. The quantitative estimate of drug-likeness (QED) is 0.286. The highest BCUT2D eigenvalue weighted by Crippen LogP contribution is 2.41. The van der Waals surface area contributed by atoms with Crippen molar-refractivity contribution in [1.29, 1.82) is 0 Å². The van der Waals surface area contributed by atoms with Crippen molar-refractivity contribution in [3.8, 4) is 0 Å². The third kappa shape index (κ3) is 6.02. The van der Waals surface area contributed by atoms with Crippen molar-refractivity contribution in [1.82, 2.24) is 5.32 Å². The Morgan fingerprint density at radius 2 is 2.22 bits per heavy atom. The van der Waals surface area contributed by atoms with Gasteiger partial charge in [0.1, 0.15) is 32.8 Å². The Hall–Kier alpha value is -0.705. The second kappa shape index (κ2) is 10.2. The number of hydrogen-bond donors (Lipinski definition) is 1. The molecular weight excluding hydrogens is 318 g/mol. The molecule has 0 aliphatic carbocycles. The van der Waals surface area contributed by atoms with E-state index in [2.05, 4.69) is 10.2 Å². The number of amides is 1. The van der Waals surface area contributed by atoms with Crippen LogP contribution >= 0.6 is 8.38 Å². The zero-order valence-electron chi connectivity index (χ0n) is 14.4. The van der Waals surface area contributed by atoms with Crippen LogP contribution in [0.15, 0.2) is 0 Å². The van der Waals surface area contributed by atoms with Crippen LogP contribution in [0, 0.1) is 6.57 Å². The molecule has 1 heterocycles. The van der Waals surface area contributed by atoms with Gasteiger partial charge in [-0.2, -0.15) is 0 Å². The van der Waals surface area contributed by atoms with Gasteiger partial charge in [0.25, 0.3) is 0 Å². The maximum Gasteiger partial charge on any atom is 0.248 e. The summed E-state index contributed by atoms with van der Waals surface area (Å²) in [5.74, 6) is -0.178. The lowest BCUT2D eigenvalue weighted by molar-refractivity contribution is -0.138. The molecule has 1 N–H and O–H groups in total. The van der Waals surface area contributed by atoms with E-state index in [1.807, 2.05) is 21.4 Å². The number of nitrogens with zero attached hydrogens (tertiary/aromatic N) is 1. The fourth-order valence-electron chi connectivity index (χ4n) is 2.47. The fraction of sp³-hybridized carbons (Fsp3) is 0.857. The number of hydrogen-bond acceptors (Lipinski definition) is 5. The molecule has 6 atom stereocenters. The van der Waals surface area contributed by atoms with E-state index in [0.29, 0.717) is 13.2 Å². The Morgan fingerprint density at radius 3 is 2.78 bits per heavy atom. The highest BCUT2D eigenvalue weighted by Gasteiger charge is 2.45. The first-order chi connectivity index (χ1) is 10.9. The molecule has 1 rings (SSSR count). The largest absolute Gasteiger partial charge is 0.378 e. The van der Waals surface area contributed by atoms with E-state index in [1.54, 1.807) is 14.0 Å². The van der Waals surface area contributed by atoms with Crippen LogP contribution in [0.25, 0.3) is 4.85 Å². The Balaban J connectivity index is 2.68. The molecule has 1 aliphatic rings. The summed E-state index contributed by atoms with van der Waals surface area (Å²) in [5, 5.41) is 2.57. The molecule has 7 nitrogen and oxygen atoms in total. The SMILES string of the molecule is B[C@@H]1O[C@H](CC)C(OP(C)OCC[N+]#[C-])[C@@H]1OC(C)C(=O)NC. The van der Waals surface area contributed by atoms with E-state index in [9.17, 15) is 4.79 Å². The van der Waals surface area contributed by atoms with Gasteiger partial charge in [-0.15, -0.1) is 0 Å². The number of carbonyl (C=O) groups is 1. The van der Waals surface area contributed by atoms with Crippen LogP contribution in [0.5, 0.6) is 0 Å². The van der Waals surface area contributed by atoms with E-state index in [4.69, 9.17) is 25.1 Å². The molecule has 23 heavy (non-hydrogen) atoms. The van der Waals surface area contributed by atoms with Crippen molar-refractivity contribution in [3.05, 3.63) is 11.4 Å². The van der Waals surface area contributed by atoms with Crippen LogP contribution in [0.3, 0.4) is 0 Å². The van der Waals surface area contributed by atoms with Gasteiger partial charge < -0.3 is 28.7 Å². The Morgan fingerprint density at radius 1 is 1.52 bits per heavy atom. The molecule has 1 saturated heterocycles. The van der Waals surface area contributed by atoms with Crippen molar-refractivity contribution in [2.45, 2.75) is 50.7 Å². The molecule has 0 saturated carbocycles. The van der Waals surface area contributed by atoms with Crippen LogP contribution in [0.2, 0.25) is 0 Å². The standard InChI is InChI=1S/C14H26BN2O5P/c1-6-10-11(22-23(5)19-8-7-16-3)12(13(15)21-10)20-9(2)14(18)17-4/h9-13H,6-8,15H2,1-2,4-5H3,(H,17,18)/t9?,10-,11?,12+,13-,23?/m1/s1. The van der Waals surface area contributed by atoms with Crippen molar-refractivity contribution in [2.24, 2.45) is 0 Å². The smallest absolute Gasteiger partial charge is 0.248 e. The summed E-state index contributed by atoms with van der Waals surface area (Å²) in [4.78, 5) is 14.9. The molecule has 0 spiro atoms. The van der Waals surface area contributed by atoms with Gasteiger partial charge in [-0.1, -0.05) is 6.92 Å². The lowest BCUT2D eigenvalue weighted by Crippen LogP contribution is -2.43. The lowest BCUT2D eigenvalue weighted by atomic mass is 9.92. The molecule has 0 radical (unpaired) electrons. The summed E-state index contributed by atoms with van der Waals surface area (Å²) in [6.07, 6.45) is -0.507. The third-order valence-electron chi connectivity index (χ3n) is 3.67. The fourth-order valence-corrected chi connectivity index (χ4v) is 3.47. The molecule has 0 aromatic rings. The van der Waals surface area contributed by atoms with Gasteiger partial charge in [0, 0.05) is 13.7 Å². The van der Waals surface area contributed by atoms with E-state index >= 15 is 0 Å². The number of carbonyl (C=O) groups excluding carboxylic acids is 1. The molecule has 0 bridgehead atoms. The van der Waals surface area contributed by atoms with Crippen molar-refractivity contribution in [3.63, 3.8) is 0 Å². The number of rotatable bonds is 9. The maximum absolute atomic E-state index is 11.7. The van der Waals surface area contributed by atoms with Crippen LogP contribution in [-0.2, 0) is 23.3 Å². The number of nitrogens with one attached hydrogen (secondary N) is 1. The van der Waals surface area contributed by atoms with Gasteiger partial charge >= 0.3 is 0 Å². The van der Waals surface area contributed by atoms with Gasteiger partial charge in [-0.05, 0) is 13.3 Å². The molecule has 0 aromatic carbocycles. The number of ether oxygens (including phenoxy) is 2. The Labute approximate surface area is 140 Å². The summed E-state index contributed by atoms with van der Waals surface area (Å²) in [5.41, 5.74) is 0. The average molecular weight is 344 g/mol. The molecular formula is C14H26BN2O5P. The maximum atomic E-state index is 11.7. The van der Waals surface area contributed by atoms with E-state index in [-0.39, 0.29) is 30.2 Å². The van der Waals surface area contributed by atoms with E-state index in [0.717, 1.165) is 6.42 Å². The highest BCUT2D eigenvalue weighted by molar-refractivity contribution is 7.46. The van der Waals surface area contributed by atoms with E-state index in [1.165, 1.54) is 0 Å². The molecule has 1 fully saturated rings. The van der Waals surface area contributed by atoms with Crippen molar-refractivity contribution in [2.75, 3.05) is 26.9 Å². The Bertz CT molecular complexity index is 422. The summed E-state index contributed by atoms with van der Waals surface area (Å²) >= 11 is 0. The minimum absolute atomic E-state index is 0.0960. The molecule has 1 aliphatic heterocycles. The van der Waals surface area contributed by atoms with E-state index < -0.39 is 14.5 Å². The zero-order chi connectivity index (χ0) is 17.4. The average Bonchev–Trinajstić information content (AvgIpc) is 2.82. The second-order valence-electron chi connectivity index (χ2n) is 5.37. The second-order valence-corrected chi connectivity index (χ2v) is 6.72. The van der Waals surface area contributed by atoms with Crippen LogP contribution in [0.1, 0.15) is 20.3 Å². The molecule has 0 aromatic heterocycles. The van der Waals surface area contributed by atoms with Gasteiger partial charge in [-0.3, -0.25) is 4.79 Å². The number of likely N-dealkylation sites (N-methyl/N-ethyl adjacent to an activating group) is 1. The van der Waals surface area contributed by atoms with Crippen molar-refractivity contribution >= 4 is 22.1 Å². The molecule has 3 unspecified atom stereocenters. The normalized spacial score (nSPS) is 29.7. The first-order valence-corrected chi connectivity index (χ1v) is 9.46. The summed E-state index contributed by atoms with van der Waals surface area (Å²) < 4.78 is 23.3. The van der Waals surface area contributed by atoms with Gasteiger partial charge in [-0.25, -0.2) is 6.57 Å². The minimum atomic E-state index is -1.13. The topological polar surface area (TPSA) is 70.4 Å². The summed E-state index contributed by atoms with van der Waals surface area (Å²) in [7, 11) is 2.37. The lowest BCUT2D eigenvalue weighted by Gasteiger charge is -2.28. The molecule has 130 valence electrons. The van der Waals surface area contributed by atoms with Crippen LogP contribution in [0.4, 0.5) is 0 Å². The van der Waals surface area contributed by atoms with Crippen LogP contribution < -0.4 is 5.32 Å². The zero-order valence-corrected chi connectivity index (χ0v) is 15.3. The molecule has 1 amide bonds. The van der Waals surface area contributed by atoms with Gasteiger partial charge in [0.05, 0.1) is 12.1 Å². The van der Waals surface area contributed by atoms with Gasteiger partial charge in [0.2, 0.25) is 12.5 Å². The van der Waals surface area contributed by atoms with Crippen molar-refractivity contribution < 1.29 is 23.3 Å². The molecule has 9 heteroatoms. The highest BCUT2D eigenvalue weighted by atomic mass is 31.2. The van der Waals surface area contributed by atoms with Crippen LogP contribution in [-0.4, -0.2) is 71.0 Å². The minimum Gasteiger partial charge on any atom is -0.378 e. The third-order valence-corrected chi connectivity index (χ3v) is 4.75. The first-order valence-electron chi connectivity index (χ1n) is 7.83. The predicted molar refractivity (Wildman–Crippen MR) is 91.0 cm³/mol. The predicted octanol–water partition coefficient (Wildman–Crippen LogP) is 0.537. The summed E-state index contributed by atoms with van der Waals surface area (Å²) in [6.45, 7) is 13.0. The first kappa shape index (κ1) is 20.3. The summed E-state index contributed by atoms with van der Waals surface area (Å²) in [6, 6.07) is -0.163. The Kier molecular flexibility index (Phi) is 9.04.